The maximum Gasteiger partial charge on any atom is 0.310 e. The second-order valence-electron chi connectivity index (χ2n) is 5.50. The Morgan fingerprint density at radius 1 is 1.15 bits per heavy atom. The molecule has 0 aliphatic carbocycles. The van der Waals surface area contributed by atoms with Crippen molar-refractivity contribution in [1.82, 2.24) is 4.98 Å². The molecule has 0 bridgehead atoms. The van der Waals surface area contributed by atoms with Gasteiger partial charge in [0.05, 0.1) is 17.6 Å². The van der Waals surface area contributed by atoms with Gasteiger partial charge in [0.2, 0.25) is 0 Å². The van der Waals surface area contributed by atoms with E-state index in [9.17, 15) is 14.0 Å². The average Bonchev–Trinajstić information content (AvgIpc) is 2.63. The van der Waals surface area contributed by atoms with Crippen molar-refractivity contribution in [2.24, 2.45) is 0 Å². The fourth-order valence-corrected chi connectivity index (χ4v) is 2.61. The predicted molar refractivity (Wildman–Crippen MR) is 96.4 cm³/mol. The Kier molecular flexibility index (Phi) is 5.43. The van der Waals surface area contributed by atoms with Crippen LogP contribution in [0, 0.1) is 5.82 Å². The Bertz CT molecular complexity index is 973. The first-order valence-corrected chi connectivity index (χ1v) is 8.14. The molecule has 0 unspecified atom stereocenters. The number of aromatic nitrogens is 1. The van der Waals surface area contributed by atoms with Crippen molar-refractivity contribution in [3.8, 4) is 0 Å². The number of carbonyl (C=O) groups is 2. The van der Waals surface area contributed by atoms with Crippen LogP contribution in [-0.4, -0.2) is 23.5 Å². The van der Waals surface area contributed by atoms with Gasteiger partial charge in [0.25, 0.3) is 5.91 Å². The minimum atomic E-state index is -0.657. The van der Waals surface area contributed by atoms with E-state index in [1.54, 1.807) is 12.3 Å². The summed E-state index contributed by atoms with van der Waals surface area (Å²) < 4.78 is 18.5. The number of hydrogen-bond donors (Lipinski definition) is 1. The van der Waals surface area contributed by atoms with E-state index in [4.69, 9.17) is 16.3 Å². The number of esters is 1. The number of hydrogen-bond acceptors (Lipinski definition) is 4. The molecule has 0 aliphatic heterocycles. The van der Waals surface area contributed by atoms with E-state index >= 15 is 0 Å². The highest BCUT2D eigenvalue weighted by Gasteiger charge is 2.13. The van der Waals surface area contributed by atoms with E-state index in [0.29, 0.717) is 11.1 Å². The second kappa shape index (κ2) is 7.93. The first-order chi connectivity index (χ1) is 12.5. The summed E-state index contributed by atoms with van der Waals surface area (Å²) in [6, 6.07) is 13.0. The molecular weight excluding hydrogens is 359 g/mol. The minimum Gasteiger partial charge on any atom is -0.455 e. The van der Waals surface area contributed by atoms with Gasteiger partial charge in [0.15, 0.2) is 6.61 Å². The number of anilines is 1. The van der Waals surface area contributed by atoms with Crippen molar-refractivity contribution in [2.45, 2.75) is 6.42 Å². The van der Waals surface area contributed by atoms with Gasteiger partial charge in [-0.25, -0.2) is 4.39 Å². The lowest BCUT2D eigenvalue weighted by atomic mass is 10.1. The summed E-state index contributed by atoms with van der Waals surface area (Å²) in [6.07, 6.45) is 1.62. The van der Waals surface area contributed by atoms with Crippen molar-refractivity contribution in [3.05, 3.63) is 71.1 Å². The molecule has 1 heterocycles. The molecule has 0 fully saturated rings. The molecule has 0 saturated heterocycles. The number of halogens is 2. The predicted octanol–water partition coefficient (Wildman–Crippen LogP) is 3.75. The number of carbonyl (C=O) groups excluding carboxylic acids is 2. The SMILES string of the molecule is O=C(COC(=O)Cc1cccc2cccnc12)Nc1cc(Cl)ccc1F. The van der Waals surface area contributed by atoms with Crippen molar-refractivity contribution in [2.75, 3.05) is 11.9 Å². The van der Waals surface area contributed by atoms with Gasteiger partial charge in [-0.2, -0.15) is 0 Å². The molecule has 1 amide bonds. The largest absolute Gasteiger partial charge is 0.455 e. The molecule has 3 aromatic rings. The fraction of sp³-hybridized carbons (Fsp3) is 0.105. The van der Waals surface area contributed by atoms with Gasteiger partial charge < -0.3 is 10.1 Å². The number of pyridine rings is 1. The highest BCUT2D eigenvalue weighted by atomic mass is 35.5. The van der Waals surface area contributed by atoms with Crippen molar-refractivity contribution < 1.29 is 18.7 Å². The number of amides is 1. The van der Waals surface area contributed by atoms with Crippen LogP contribution in [0.5, 0.6) is 0 Å². The van der Waals surface area contributed by atoms with Gasteiger partial charge >= 0.3 is 5.97 Å². The fourth-order valence-electron chi connectivity index (χ4n) is 2.44. The number of nitrogens with zero attached hydrogens (tertiary/aromatic N) is 1. The Hall–Kier alpha value is -2.99. The topological polar surface area (TPSA) is 68.3 Å². The van der Waals surface area contributed by atoms with E-state index in [1.165, 1.54) is 12.1 Å². The van der Waals surface area contributed by atoms with Crippen molar-refractivity contribution >= 4 is 40.1 Å². The molecule has 2 aromatic carbocycles. The summed E-state index contributed by atoms with van der Waals surface area (Å²) in [4.78, 5) is 28.1. The van der Waals surface area contributed by atoms with Crippen LogP contribution in [-0.2, 0) is 20.7 Å². The zero-order valence-electron chi connectivity index (χ0n) is 13.5. The third-order valence-corrected chi connectivity index (χ3v) is 3.85. The average molecular weight is 373 g/mol. The van der Waals surface area contributed by atoms with Crippen LogP contribution in [0.4, 0.5) is 10.1 Å². The van der Waals surface area contributed by atoms with Gasteiger partial charge in [-0.3, -0.25) is 14.6 Å². The number of benzene rings is 2. The summed E-state index contributed by atoms with van der Waals surface area (Å²) in [6.45, 7) is -0.525. The molecule has 0 radical (unpaired) electrons. The van der Waals surface area contributed by atoms with Gasteiger partial charge in [-0.05, 0) is 29.8 Å². The summed E-state index contributed by atoms with van der Waals surface area (Å²) in [5, 5.41) is 3.50. The smallest absolute Gasteiger partial charge is 0.310 e. The van der Waals surface area contributed by atoms with E-state index < -0.39 is 24.3 Å². The first kappa shape index (κ1) is 17.8. The Balaban J connectivity index is 1.58. The third kappa shape index (κ3) is 4.34. The second-order valence-corrected chi connectivity index (χ2v) is 5.94. The number of rotatable bonds is 5. The van der Waals surface area contributed by atoms with E-state index in [1.807, 2.05) is 24.3 Å². The van der Waals surface area contributed by atoms with Gasteiger partial charge in [0, 0.05) is 16.6 Å². The number of fused-ring (bicyclic) bond motifs is 1. The summed E-state index contributed by atoms with van der Waals surface area (Å²) in [5.74, 6) is -1.86. The lowest BCUT2D eigenvalue weighted by Gasteiger charge is -2.08. The molecule has 5 nitrogen and oxygen atoms in total. The zero-order chi connectivity index (χ0) is 18.5. The normalized spacial score (nSPS) is 10.5. The summed E-state index contributed by atoms with van der Waals surface area (Å²) >= 11 is 5.76. The number of nitrogens with one attached hydrogen (secondary N) is 1. The van der Waals surface area contributed by atoms with E-state index in [-0.39, 0.29) is 17.1 Å². The van der Waals surface area contributed by atoms with E-state index in [0.717, 1.165) is 11.5 Å². The van der Waals surface area contributed by atoms with Crippen molar-refractivity contribution in [1.29, 1.82) is 0 Å². The molecule has 0 aliphatic rings. The first-order valence-electron chi connectivity index (χ1n) is 7.76. The van der Waals surface area contributed by atoms with Crippen LogP contribution in [0.2, 0.25) is 5.02 Å². The molecule has 1 aromatic heterocycles. The molecule has 0 atom stereocenters. The van der Waals surface area contributed by atoms with Crippen LogP contribution in [0.1, 0.15) is 5.56 Å². The monoisotopic (exact) mass is 372 g/mol. The highest BCUT2D eigenvalue weighted by molar-refractivity contribution is 6.30. The van der Waals surface area contributed by atoms with Crippen LogP contribution in [0.25, 0.3) is 10.9 Å². The molecule has 3 rings (SSSR count). The van der Waals surface area contributed by atoms with Gasteiger partial charge in [-0.1, -0.05) is 35.9 Å². The summed E-state index contributed by atoms with van der Waals surface area (Å²) in [7, 11) is 0. The molecule has 0 saturated carbocycles. The lowest BCUT2D eigenvalue weighted by Crippen LogP contribution is -2.22. The molecule has 0 spiro atoms. The maximum absolute atomic E-state index is 13.6. The maximum atomic E-state index is 13.6. The van der Waals surface area contributed by atoms with E-state index in [2.05, 4.69) is 10.3 Å². The molecule has 1 N–H and O–H groups in total. The lowest BCUT2D eigenvalue weighted by molar-refractivity contribution is -0.146. The van der Waals surface area contributed by atoms with Crippen LogP contribution < -0.4 is 5.32 Å². The third-order valence-electron chi connectivity index (χ3n) is 3.62. The van der Waals surface area contributed by atoms with Gasteiger partial charge in [0.1, 0.15) is 5.82 Å². The Morgan fingerprint density at radius 2 is 1.96 bits per heavy atom. The molecular formula is C19H14ClFN2O3. The van der Waals surface area contributed by atoms with Crippen LogP contribution in [0.3, 0.4) is 0 Å². The Morgan fingerprint density at radius 3 is 2.81 bits per heavy atom. The molecule has 132 valence electrons. The quantitative estimate of drug-likeness (QED) is 0.692. The standard InChI is InChI=1S/C19H14ClFN2O3/c20-14-6-7-15(21)16(10-14)23-17(24)11-26-18(25)9-13-4-1-3-12-5-2-8-22-19(12)13/h1-8,10H,9,11H2,(H,23,24). The molecule has 26 heavy (non-hydrogen) atoms. The minimum absolute atomic E-state index is 0.0207. The van der Waals surface area contributed by atoms with Crippen LogP contribution >= 0.6 is 11.6 Å². The van der Waals surface area contributed by atoms with Crippen molar-refractivity contribution in [3.63, 3.8) is 0 Å². The number of ether oxygens (including phenoxy) is 1. The van der Waals surface area contributed by atoms with Crippen LogP contribution in [0.15, 0.2) is 54.7 Å². The number of para-hydroxylation sites is 1. The highest BCUT2D eigenvalue weighted by Crippen LogP contribution is 2.19. The Labute approximate surface area is 153 Å². The summed E-state index contributed by atoms with van der Waals surface area (Å²) in [5.41, 5.74) is 1.34. The zero-order valence-corrected chi connectivity index (χ0v) is 14.3. The van der Waals surface area contributed by atoms with Gasteiger partial charge in [-0.15, -0.1) is 0 Å². The molecule has 7 heteroatoms.